The van der Waals surface area contributed by atoms with E-state index >= 15 is 0 Å². The van der Waals surface area contributed by atoms with Gasteiger partial charge in [-0.3, -0.25) is 14.6 Å². The SMILES string of the molecule is COc1ccc(C(=O)Nc2cncc(-c3ccoc3)c2)cc1C(=O)NCCCN. The topological polar surface area (TPSA) is 119 Å². The van der Waals surface area contributed by atoms with Crippen LogP contribution in [0.2, 0.25) is 0 Å². The Balaban J connectivity index is 1.78. The van der Waals surface area contributed by atoms with E-state index in [0.717, 1.165) is 11.1 Å². The molecule has 3 aromatic rings. The molecule has 3 rings (SSSR count). The lowest BCUT2D eigenvalue weighted by molar-refractivity contribution is 0.0950. The van der Waals surface area contributed by atoms with E-state index in [1.165, 1.54) is 13.2 Å². The Kier molecular flexibility index (Phi) is 6.59. The minimum atomic E-state index is -0.366. The van der Waals surface area contributed by atoms with Gasteiger partial charge in [0.2, 0.25) is 0 Å². The lowest BCUT2D eigenvalue weighted by Gasteiger charge is -2.12. The monoisotopic (exact) mass is 394 g/mol. The number of methoxy groups -OCH3 is 1. The van der Waals surface area contributed by atoms with Crippen LogP contribution in [0.3, 0.4) is 0 Å². The van der Waals surface area contributed by atoms with Crippen LogP contribution in [0.4, 0.5) is 5.69 Å². The molecule has 8 heteroatoms. The van der Waals surface area contributed by atoms with Gasteiger partial charge in [-0.1, -0.05) is 0 Å². The van der Waals surface area contributed by atoms with Gasteiger partial charge in [0.15, 0.2) is 0 Å². The molecule has 0 aliphatic carbocycles. The molecular weight excluding hydrogens is 372 g/mol. The number of amides is 2. The fourth-order valence-corrected chi connectivity index (χ4v) is 2.72. The molecule has 1 aromatic carbocycles. The zero-order valence-corrected chi connectivity index (χ0v) is 16.0. The third-order valence-electron chi connectivity index (χ3n) is 4.22. The average molecular weight is 394 g/mol. The highest BCUT2D eigenvalue weighted by atomic mass is 16.5. The zero-order chi connectivity index (χ0) is 20.6. The fourth-order valence-electron chi connectivity index (χ4n) is 2.72. The van der Waals surface area contributed by atoms with E-state index in [4.69, 9.17) is 14.9 Å². The molecular formula is C21H22N4O4. The third-order valence-corrected chi connectivity index (χ3v) is 4.22. The summed E-state index contributed by atoms with van der Waals surface area (Å²) in [5.41, 5.74) is 8.25. The van der Waals surface area contributed by atoms with E-state index in [9.17, 15) is 9.59 Å². The average Bonchev–Trinajstić information content (AvgIpc) is 3.28. The van der Waals surface area contributed by atoms with Gasteiger partial charge < -0.3 is 25.5 Å². The van der Waals surface area contributed by atoms with Crippen LogP contribution >= 0.6 is 0 Å². The molecule has 0 saturated carbocycles. The number of furan rings is 1. The first-order valence-corrected chi connectivity index (χ1v) is 9.07. The molecule has 0 aliphatic rings. The Morgan fingerprint density at radius 1 is 1.14 bits per heavy atom. The summed E-state index contributed by atoms with van der Waals surface area (Å²) < 4.78 is 10.3. The molecule has 29 heavy (non-hydrogen) atoms. The first-order chi connectivity index (χ1) is 14.1. The number of ether oxygens (including phenoxy) is 1. The zero-order valence-electron chi connectivity index (χ0n) is 16.0. The van der Waals surface area contributed by atoms with Crippen LogP contribution in [0.1, 0.15) is 27.1 Å². The second-order valence-electron chi connectivity index (χ2n) is 6.24. The normalized spacial score (nSPS) is 10.4. The molecule has 150 valence electrons. The molecule has 0 spiro atoms. The van der Waals surface area contributed by atoms with Crippen molar-refractivity contribution in [1.82, 2.24) is 10.3 Å². The van der Waals surface area contributed by atoms with E-state index in [-0.39, 0.29) is 17.4 Å². The van der Waals surface area contributed by atoms with Gasteiger partial charge in [0.25, 0.3) is 11.8 Å². The minimum Gasteiger partial charge on any atom is -0.496 e. The fraction of sp³-hybridized carbons (Fsp3) is 0.190. The molecule has 2 heterocycles. The summed E-state index contributed by atoms with van der Waals surface area (Å²) in [7, 11) is 1.47. The van der Waals surface area contributed by atoms with Crippen LogP contribution in [0.5, 0.6) is 5.75 Å². The van der Waals surface area contributed by atoms with Crippen molar-refractivity contribution in [3.8, 4) is 16.9 Å². The molecule has 0 radical (unpaired) electrons. The molecule has 4 N–H and O–H groups in total. The Morgan fingerprint density at radius 2 is 2.00 bits per heavy atom. The van der Waals surface area contributed by atoms with E-state index in [1.54, 1.807) is 43.1 Å². The number of aromatic nitrogens is 1. The van der Waals surface area contributed by atoms with Gasteiger partial charge in [-0.05, 0) is 43.3 Å². The number of nitrogens with zero attached hydrogens (tertiary/aromatic N) is 1. The molecule has 0 fully saturated rings. The summed E-state index contributed by atoms with van der Waals surface area (Å²) >= 11 is 0. The number of nitrogens with two attached hydrogens (primary N) is 1. The van der Waals surface area contributed by atoms with Crippen molar-refractivity contribution in [3.05, 3.63) is 66.4 Å². The smallest absolute Gasteiger partial charge is 0.255 e. The minimum absolute atomic E-state index is 0.280. The van der Waals surface area contributed by atoms with Crippen LogP contribution in [0.25, 0.3) is 11.1 Å². The van der Waals surface area contributed by atoms with Crippen LogP contribution in [0, 0.1) is 0 Å². The number of benzene rings is 1. The van der Waals surface area contributed by atoms with Crippen molar-refractivity contribution in [1.29, 1.82) is 0 Å². The van der Waals surface area contributed by atoms with Crippen LogP contribution in [-0.2, 0) is 0 Å². The number of pyridine rings is 1. The van der Waals surface area contributed by atoms with Crippen LogP contribution in [0.15, 0.2) is 59.7 Å². The number of rotatable bonds is 8. The summed E-state index contributed by atoms with van der Waals surface area (Å²) in [6.07, 6.45) is 7.05. The Morgan fingerprint density at radius 3 is 2.72 bits per heavy atom. The second kappa shape index (κ2) is 9.52. The Labute approximate surface area is 168 Å². The van der Waals surface area contributed by atoms with Gasteiger partial charge in [-0.25, -0.2) is 0 Å². The van der Waals surface area contributed by atoms with E-state index in [2.05, 4.69) is 15.6 Å². The summed E-state index contributed by atoms with van der Waals surface area (Å²) in [6.45, 7) is 0.924. The molecule has 0 unspecified atom stereocenters. The molecule has 8 nitrogen and oxygen atoms in total. The molecule has 0 aliphatic heterocycles. The van der Waals surface area contributed by atoms with Crippen molar-refractivity contribution in [2.45, 2.75) is 6.42 Å². The maximum Gasteiger partial charge on any atom is 0.255 e. The van der Waals surface area contributed by atoms with E-state index in [0.29, 0.717) is 36.5 Å². The molecule has 2 aromatic heterocycles. The van der Waals surface area contributed by atoms with Crippen molar-refractivity contribution in [2.75, 3.05) is 25.5 Å². The summed E-state index contributed by atoms with van der Waals surface area (Å²) in [5, 5.41) is 5.56. The van der Waals surface area contributed by atoms with Crippen LogP contribution < -0.4 is 21.1 Å². The van der Waals surface area contributed by atoms with Gasteiger partial charge in [0.1, 0.15) is 5.75 Å². The molecule has 2 amide bonds. The first-order valence-electron chi connectivity index (χ1n) is 9.07. The van der Waals surface area contributed by atoms with Crippen molar-refractivity contribution >= 4 is 17.5 Å². The number of carbonyl (C=O) groups excluding carboxylic acids is 2. The third kappa shape index (κ3) is 4.99. The van der Waals surface area contributed by atoms with Crippen molar-refractivity contribution < 1.29 is 18.7 Å². The lowest BCUT2D eigenvalue weighted by Crippen LogP contribution is -2.26. The Bertz CT molecular complexity index is 986. The number of anilines is 1. The standard InChI is InChI=1S/C21H22N4O4/c1-28-19-4-3-14(10-18(19)21(27)24-7-2-6-22)20(26)25-17-9-16(11-23-12-17)15-5-8-29-13-15/h3-5,8-13H,2,6-7,22H2,1H3,(H,24,27)(H,25,26). The lowest BCUT2D eigenvalue weighted by atomic mass is 10.1. The predicted molar refractivity (Wildman–Crippen MR) is 109 cm³/mol. The highest BCUT2D eigenvalue weighted by Crippen LogP contribution is 2.23. The van der Waals surface area contributed by atoms with Crippen molar-refractivity contribution in [2.24, 2.45) is 5.73 Å². The highest BCUT2D eigenvalue weighted by Gasteiger charge is 2.16. The van der Waals surface area contributed by atoms with Gasteiger partial charge in [-0.2, -0.15) is 0 Å². The van der Waals surface area contributed by atoms with E-state index in [1.807, 2.05) is 6.07 Å². The van der Waals surface area contributed by atoms with Gasteiger partial charge >= 0.3 is 0 Å². The quantitative estimate of drug-likeness (QED) is 0.505. The van der Waals surface area contributed by atoms with Gasteiger partial charge in [0, 0.05) is 29.4 Å². The Hall–Kier alpha value is -3.65. The van der Waals surface area contributed by atoms with Gasteiger partial charge in [-0.15, -0.1) is 0 Å². The number of hydrogen-bond acceptors (Lipinski definition) is 6. The summed E-state index contributed by atoms with van der Waals surface area (Å²) in [5.74, 6) is -0.307. The number of carbonyl (C=O) groups is 2. The van der Waals surface area contributed by atoms with Crippen LogP contribution in [-0.4, -0.2) is 37.0 Å². The maximum absolute atomic E-state index is 12.7. The number of nitrogens with one attached hydrogen (secondary N) is 2. The first kappa shape index (κ1) is 20.1. The van der Waals surface area contributed by atoms with E-state index < -0.39 is 0 Å². The largest absolute Gasteiger partial charge is 0.496 e. The molecule has 0 atom stereocenters. The molecule has 0 bridgehead atoms. The van der Waals surface area contributed by atoms with Gasteiger partial charge in [0.05, 0.1) is 37.1 Å². The second-order valence-corrected chi connectivity index (χ2v) is 6.24. The number of hydrogen-bond donors (Lipinski definition) is 3. The van der Waals surface area contributed by atoms with Crippen molar-refractivity contribution in [3.63, 3.8) is 0 Å². The maximum atomic E-state index is 12.7. The summed E-state index contributed by atoms with van der Waals surface area (Å²) in [6, 6.07) is 8.28. The molecule has 0 saturated heterocycles. The summed E-state index contributed by atoms with van der Waals surface area (Å²) in [4.78, 5) is 29.3. The predicted octanol–water partition coefficient (Wildman–Crippen LogP) is 2.68. The highest BCUT2D eigenvalue weighted by molar-refractivity contribution is 6.07.